The summed E-state index contributed by atoms with van der Waals surface area (Å²) in [5.74, 6) is 0.416. The van der Waals surface area contributed by atoms with Gasteiger partial charge in [0.05, 0.1) is 5.60 Å². The van der Waals surface area contributed by atoms with Crippen molar-refractivity contribution < 1.29 is 9.90 Å². The van der Waals surface area contributed by atoms with Gasteiger partial charge in [-0.15, -0.1) is 0 Å². The van der Waals surface area contributed by atoms with Gasteiger partial charge in [-0.05, 0) is 55.5 Å². The first kappa shape index (κ1) is 16.8. The van der Waals surface area contributed by atoms with Crippen molar-refractivity contribution in [2.24, 2.45) is 0 Å². The minimum atomic E-state index is -0.841. The lowest BCUT2D eigenvalue weighted by Gasteiger charge is -2.32. The van der Waals surface area contributed by atoms with Crippen LogP contribution in [-0.4, -0.2) is 36.4 Å². The van der Waals surface area contributed by atoms with Gasteiger partial charge in [-0.1, -0.05) is 19.9 Å². The lowest BCUT2D eigenvalue weighted by Crippen LogP contribution is -2.53. The van der Waals surface area contributed by atoms with E-state index in [0.717, 1.165) is 18.7 Å². The smallest absolute Gasteiger partial charge is 0.319 e. The molecule has 1 aromatic carbocycles. The summed E-state index contributed by atoms with van der Waals surface area (Å²) in [6.07, 6.45) is 1.64. The Hall–Kier alpha value is -1.59. The number of β-amino-alcohol motifs (C(OH)–C–C–N with tert-alkyl or cyclic N) is 1. The number of carbonyl (C=O) groups excluding carboxylic acids is 1. The summed E-state index contributed by atoms with van der Waals surface area (Å²) >= 11 is 0. The summed E-state index contributed by atoms with van der Waals surface area (Å²) in [6, 6.07) is 5.65. The van der Waals surface area contributed by atoms with Crippen LogP contribution in [0.4, 0.5) is 10.5 Å². The van der Waals surface area contributed by atoms with Gasteiger partial charge in [-0.25, -0.2) is 4.79 Å². The van der Waals surface area contributed by atoms with E-state index in [1.54, 1.807) is 0 Å². The minimum Gasteiger partial charge on any atom is -0.387 e. The average molecular weight is 305 g/mol. The summed E-state index contributed by atoms with van der Waals surface area (Å²) in [5, 5.41) is 19.1. The molecule has 0 bridgehead atoms. The minimum absolute atomic E-state index is 0.259. The van der Waals surface area contributed by atoms with Gasteiger partial charge >= 0.3 is 6.03 Å². The Bertz CT molecular complexity index is 523. The van der Waals surface area contributed by atoms with E-state index in [2.05, 4.69) is 36.7 Å². The monoisotopic (exact) mass is 305 g/mol. The van der Waals surface area contributed by atoms with E-state index in [0.29, 0.717) is 18.9 Å². The van der Waals surface area contributed by atoms with Gasteiger partial charge in [0.1, 0.15) is 0 Å². The van der Waals surface area contributed by atoms with Gasteiger partial charge in [0.25, 0.3) is 0 Å². The Balaban J connectivity index is 1.90. The third kappa shape index (κ3) is 4.45. The van der Waals surface area contributed by atoms with Gasteiger partial charge < -0.3 is 21.1 Å². The zero-order valence-corrected chi connectivity index (χ0v) is 13.7. The van der Waals surface area contributed by atoms with E-state index in [4.69, 9.17) is 0 Å². The third-order valence-electron chi connectivity index (χ3n) is 4.19. The third-order valence-corrected chi connectivity index (χ3v) is 4.19. The second kappa shape index (κ2) is 7.11. The number of urea groups is 1. The van der Waals surface area contributed by atoms with Crippen molar-refractivity contribution in [3.05, 3.63) is 29.3 Å². The Kier molecular flexibility index (Phi) is 5.42. The molecule has 22 heavy (non-hydrogen) atoms. The SMILES string of the molecule is Cc1ccc(NC(=O)NC[C@@]2(O)CCCNC2)cc1C(C)C. The molecule has 1 atom stereocenters. The fraction of sp³-hybridized carbons (Fsp3) is 0.588. The van der Waals surface area contributed by atoms with Crippen molar-refractivity contribution in [3.63, 3.8) is 0 Å². The van der Waals surface area contributed by atoms with E-state index in [-0.39, 0.29) is 12.6 Å². The highest BCUT2D eigenvalue weighted by molar-refractivity contribution is 5.89. The van der Waals surface area contributed by atoms with Gasteiger partial charge in [0.15, 0.2) is 0 Å². The Morgan fingerprint density at radius 1 is 1.45 bits per heavy atom. The van der Waals surface area contributed by atoms with Crippen LogP contribution in [-0.2, 0) is 0 Å². The maximum atomic E-state index is 12.0. The van der Waals surface area contributed by atoms with E-state index < -0.39 is 5.60 Å². The quantitative estimate of drug-likeness (QED) is 0.690. The van der Waals surface area contributed by atoms with Crippen LogP contribution in [0.1, 0.15) is 43.7 Å². The van der Waals surface area contributed by atoms with E-state index in [1.165, 1.54) is 11.1 Å². The fourth-order valence-electron chi connectivity index (χ4n) is 2.86. The molecule has 0 aliphatic carbocycles. The highest BCUT2D eigenvalue weighted by Crippen LogP contribution is 2.22. The number of carbonyl (C=O) groups is 1. The number of benzene rings is 1. The highest BCUT2D eigenvalue weighted by atomic mass is 16.3. The molecule has 5 heteroatoms. The van der Waals surface area contributed by atoms with E-state index in [1.807, 2.05) is 18.2 Å². The number of rotatable bonds is 4. The molecule has 1 aliphatic rings. The highest BCUT2D eigenvalue weighted by Gasteiger charge is 2.29. The molecule has 5 nitrogen and oxygen atoms in total. The molecule has 0 unspecified atom stereocenters. The maximum Gasteiger partial charge on any atom is 0.319 e. The largest absolute Gasteiger partial charge is 0.387 e. The zero-order valence-electron chi connectivity index (χ0n) is 13.7. The van der Waals surface area contributed by atoms with Crippen molar-refractivity contribution in [2.75, 3.05) is 25.0 Å². The number of anilines is 1. The summed E-state index contributed by atoms with van der Waals surface area (Å²) in [7, 11) is 0. The van der Waals surface area contributed by atoms with Gasteiger partial charge in [-0.2, -0.15) is 0 Å². The van der Waals surface area contributed by atoms with Gasteiger partial charge in [0, 0.05) is 18.8 Å². The Morgan fingerprint density at radius 2 is 2.23 bits per heavy atom. The van der Waals surface area contributed by atoms with Crippen LogP contribution >= 0.6 is 0 Å². The first-order valence-corrected chi connectivity index (χ1v) is 7.98. The molecular formula is C17H27N3O2. The maximum absolute atomic E-state index is 12.0. The predicted molar refractivity (Wildman–Crippen MR) is 89.3 cm³/mol. The van der Waals surface area contributed by atoms with Crippen LogP contribution in [0.15, 0.2) is 18.2 Å². The van der Waals surface area contributed by atoms with Crippen LogP contribution in [0.25, 0.3) is 0 Å². The molecule has 0 radical (unpaired) electrons. The predicted octanol–water partition coefficient (Wildman–Crippen LogP) is 2.35. The molecule has 1 heterocycles. The summed E-state index contributed by atoms with van der Waals surface area (Å²) in [6.45, 7) is 8.06. The van der Waals surface area contributed by atoms with Crippen molar-refractivity contribution >= 4 is 11.7 Å². The summed E-state index contributed by atoms with van der Waals surface area (Å²) < 4.78 is 0. The topological polar surface area (TPSA) is 73.4 Å². The second-order valence-electron chi connectivity index (χ2n) is 6.54. The van der Waals surface area contributed by atoms with Crippen LogP contribution in [0.3, 0.4) is 0 Å². The lowest BCUT2D eigenvalue weighted by atomic mass is 9.94. The molecule has 0 spiro atoms. The summed E-state index contributed by atoms with van der Waals surface area (Å²) in [5.41, 5.74) is 2.39. The van der Waals surface area contributed by atoms with E-state index >= 15 is 0 Å². The molecule has 2 rings (SSSR count). The first-order chi connectivity index (χ1) is 10.4. The van der Waals surface area contributed by atoms with Crippen LogP contribution in [0.5, 0.6) is 0 Å². The Labute approximate surface area is 132 Å². The number of nitrogens with one attached hydrogen (secondary N) is 3. The van der Waals surface area contributed by atoms with Crippen LogP contribution < -0.4 is 16.0 Å². The standard InChI is InChI=1S/C17H27N3O2/c1-12(2)15-9-14(6-5-13(15)3)20-16(21)19-11-17(22)7-4-8-18-10-17/h5-6,9,12,18,22H,4,7-8,10-11H2,1-3H3,(H2,19,20,21)/t17-/m1/s1. The molecule has 1 fully saturated rings. The fourth-order valence-corrected chi connectivity index (χ4v) is 2.86. The second-order valence-corrected chi connectivity index (χ2v) is 6.54. The number of amides is 2. The number of aryl methyl sites for hydroxylation is 1. The lowest BCUT2D eigenvalue weighted by molar-refractivity contribution is 0.0198. The number of hydrogen-bond acceptors (Lipinski definition) is 3. The van der Waals surface area contributed by atoms with Gasteiger partial charge in [-0.3, -0.25) is 0 Å². The molecule has 1 aromatic rings. The van der Waals surface area contributed by atoms with Crippen molar-refractivity contribution in [3.8, 4) is 0 Å². The molecule has 2 amide bonds. The molecule has 0 aromatic heterocycles. The molecule has 1 saturated heterocycles. The number of piperidine rings is 1. The number of aliphatic hydroxyl groups is 1. The van der Waals surface area contributed by atoms with E-state index in [9.17, 15) is 9.90 Å². The average Bonchev–Trinajstić information content (AvgIpc) is 2.48. The van der Waals surface area contributed by atoms with Crippen molar-refractivity contribution in [1.82, 2.24) is 10.6 Å². The summed E-state index contributed by atoms with van der Waals surface area (Å²) in [4.78, 5) is 12.0. The molecule has 4 N–H and O–H groups in total. The molecule has 122 valence electrons. The van der Waals surface area contributed by atoms with Gasteiger partial charge in [0.2, 0.25) is 0 Å². The van der Waals surface area contributed by atoms with Crippen molar-refractivity contribution in [1.29, 1.82) is 0 Å². The van der Waals surface area contributed by atoms with Crippen LogP contribution in [0.2, 0.25) is 0 Å². The molecule has 1 aliphatic heterocycles. The molecule has 0 saturated carbocycles. The number of hydrogen-bond donors (Lipinski definition) is 4. The zero-order chi connectivity index (χ0) is 16.2. The molecular weight excluding hydrogens is 278 g/mol. The first-order valence-electron chi connectivity index (χ1n) is 7.98. The van der Waals surface area contributed by atoms with Crippen molar-refractivity contribution in [2.45, 2.75) is 45.1 Å². The van der Waals surface area contributed by atoms with Crippen LogP contribution in [0, 0.1) is 6.92 Å². The Morgan fingerprint density at radius 3 is 2.86 bits per heavy atom. The normalized spacial score (nSPS) is 21.7.